The molecule has 1 rings (SSSR count). The molecule has 104 valence electrons. The Balaban J connectivity index is 2.22. The van der Waals surface area contributed by atoms with Crippen LogP contribution in [0.3, 0.4) is 0 Å². The third-order valence-electron chi connectivity index (χ3n) is 2.37. The van der Waals surface area contributed by atoms with Crippen molar-refractivity contribution in [2.45, 2.75) is 38.6 Å². The molecule has 0 fully saturated rings. The first-order valence-corrected chi connectivity index (χ1v) is 5.77. The van der Waals surface area contributed by atoms with E-state index in [0.717, 1.165) is 0 Å². The van der Waals surface area contributed by atoms with Gasteiger partial charge in [-0.1, -0.05) is 6.92 Å². The monoisotopic (exact) mass is 266 g/mol. The molecule has 0 bridgehead atoms. The van der Waals surface area contributed by atoms with Crippen molar-refractivity contribution in [2.24, 2.45) is 0 Å². The molecule has 1 atom stereocenters. The van der Waals surface area contributed by atoms with Crippen LogP contribution in [0.1, 0.15) is 31.4 Å². The quantitative estimate of drug-likeness (QED) is 0.770. The van der Waals surface area contributed by atoms with Gasteiger partial charge in [0.25, 0.3) is 0 Å². The highest BCUT2D eigenvalue weighted by Gasteiger charge is 2.27. The summed E-state index contributed by atoms with van der Waals surface area (Å²) in [5, 5.41) is 13.5. The van der Waals surface area contributed by atoms with E-state index in [0.29, 0.717) is 24.9 Å². The maximum Gasteiger partial charge on any atom is 0.411 e. The van der Waals surface area contributed by atoms with E-state index in [2.05, 4.69) is 9.84 Å². The molecule has 4 nitrogen and oxygen atoms in total. The summed E-state index contributed by atoms with van der Waals surface area (Å²) < 4.78 is 41.4. The summed E-state index contributed by atoms with van der Waals surface area (Å²) in [6, 6.07) is 0. The van der Waals surface area contributed by atoms with Gasteiger partial charge in [0, 0.05) is 24.9 Å². The predicted molar refractivity (Wildman–Crippen MR) is 59.0 cm³/mol. The Labute approximate surface area is 103 Å². The fourth-order valence-corrected chi connectivity index (χ4v) is 1.43. The average molecular weight is 266 g/mol. The van der Waals surface area contributed by atoms with Gasteiger partial charge in [0.15, 0.2) is 0 Å². The molecule has 0 saturated heterocycles. The molecule has 7 heteroatoms. The largest absolute Gasteiger partial charge is 0.411 e. The number of rotatable bonds is 7. The summed E-state index contributed by atoms with van der Waals surface area (Å²) in [4.78, 5) is 0. The lowest BCUT2D eigenvalue weighted by molar-refractivity contribution is -0.174. The molecule has 0 radical (unpaired) electrons. The second kappa shape index (κ2) is 6.75. The Morgan fingerprint density at radius 3 is 2.83 bits per heavy atom. The van der Waals surface area contributed by atoms with E-state index in [4.69, 9.17) is 0 Å². The van der Waals surface area contributed by atoms with E-state index < -0.39 is 18.9 Å². The third kappa shape index (κ3) is 5.50. The number of aryl methyl sites for hydroxylation is 1. The van der Waals surface area contributed by atoms with Gasteiger partial charge in [-0.2, -0.15) is 18.3 Å². The van der Waals surface area contributed by atoms with Gasteiger partial charge < -0.3 is 9.84 Å². The first-order valence-electron chi connectivity index (χ1n) is 5.77. The van der Waals surface area contributed by atoms with E-state index in [1.807, 2.05) is 6.92 Å². The van der Waals surface area contributed by atoms with Gasteiger partial charge in [0.2, 0.25) is 0 Å². The number of hydrogen-bond donors (Lipinski definition) is 1. The molecule has 0 aromatic carbocycles. The fourth-order valence-electron chi connectivity index (χ4n) is 1.43. The molecule has 0 saturated carbocycles. The minimum absolute atomic E-state index is 0.0328. The number of aliphatic hydroxyl groups is 1. The third-order valence-corrected chi connectivity index (χ3v) is 2.37. The lowest BCUT2D eigenvalue weighted by Crippen LogP contribution is -2.17. The fraction of sp³-hybridized carbons (Fsp3) is 0.727. The zero-order valence-corrected chi connectivity index (χ0v) is 10.2. The van der Waals surface area contributed by atoms with Crippen molar-refractivity contribution in [3.8, 4) is 0 Å². The van der Waals surface area contributed by atoms with Crippen molar-refractivity contribution in [1.29, 1.82) is 0 Å². The zero-order chi connectivity index (χ0) is 13.6. The van der Waals surface area contributed by atoms with Crippen molar-refractivity contribution in [3.63, 3.8) is 0 Å². The van der Waals surface area contributed by atoms with Gasteiger partial charge >= 0.3 is 6.18 Å². The topological polar surface area (TPSA) is 47.3 Å². The number of ether oxygens (including phenoxy) is 1. The van der Waals surface area contributed by atoms with Crippen LogP contribution in [-0.4, -0.2) is 34.3 Å². The summed E-state index contributed by atoms with van der Waals surface area (Å²) in [5.41, 5.74) is 0.716. The van der Waals surface area contributed by atoms with Gasteiger partial charge in [-0.3, -0.25) is 4.68 Å². The number of alkyl halides is 3. The van der Waals surface area contributed by atoms with Crippen LogP contribution in [0.2, 0.25) is 0 Å². The van der Waals surface area contributed by atoms with E-state index in [1.54, 1.807) is 17.1 Å². The van der Waals surface area contributed by atoms with Crippen LogP contribution in [0.4, 0.5) is 13.2 Å². The van der Waals surface area contributed by atoms with Crippen molar-refractivity contribution >= 4 is 0 Å². The minimum atomic E-state index is -4.27. The zero-order valence-electron chi connectivity index (χ0n) is 10.2. The summed E-state index contributed by atoms with van der Waals surface area (Å²) in [7, 11) is 0. The van der Waals surface area contributed by atoms with Crippen LogP contribution in [0, 0.1) is 0 Å². The summed E-state index contributed by atoms with van der Waals surface area (Å²) in [6.07, 6.45) is -0.521. The first kappa shape index (κ1) is 15.0. The van der Waals surface area contributed by atoms with E-state index in [1.165, 1.54) is 0 Å². The molecule has 1 aromatic rings. The van der Waals surface area contributed by atoms with Crippen LogP contribution in [-0.2, 0) is 11.3 Å². The van der Waals surface area contributed by atoms with E-state index >= 15 is 0 Å². The lowest BCUT2D eigenvalue weighted by atomic mass is 10.2. The maximum atomic E-state index is 11.8. The second-order valence-corrected chi connectivity index (χ2v) is 3.98. The van der Waals surface area contributed by atoms with Crippen LogP contribution in [0.5, 0.6) is 0 Å². The highest BCUT2D eigenvalue weighted by Crippen LogP contribution is 2.15. The molecular weight excluding hydrogens is 249 g/mol. The number of aromatic nitrogens is 2. The normalized spacial score (nSPS) is 13.8. The number of nitrogens with zero attached hydrogens (tertiary/aromatic N) is 2. The smallest absolute Gasteiger partial charge is 0.388 e. The SMILES string of the molecule is CCC(O)c1cnn(CCCOCC(F)(F)F)c1. The molecule has 0 aliphatic heterocycles. The van der Waals surface area contributed by atoms with Gasteiger partial charge in [0.05, 0.1) is 12.3 Å². The van der Waals surface area contributed by atoms with Crippen LogP contribution < -0.4 is 0 Å². The Kier molecular flexibility index (Phi) is 5.61. The first-order chi connectivity index (χ1) is 8.42. The Hall–Kier alpha value is -1.08. The van der Waals surface area contributed by atoms with Crippen LogP contribution in [0.15, 0.2) is 12.4 Å². The molecular formula is C11H17F3N2O2. The molecule has 0 amide bonds. The lowest BCUT2D eigenvalue weighted by Gasteiger charge is -2.07. The van der Waals surface area contributed by atoms with E-state index in [-0.39, 0.29) is 6.61 Å². The molecule has 1 unspecified atom stereocenters. The number of aliphatic hydroxyl groups excluding tert-OH is 1. The minimum Gasteiger partial charge on any atom is -0.388 e. The van der Waals surface area contributed by atoms with Gasteiger partial charge in [-0.25, -0.2) is 0 Å². The van der Waals surface area contributed by atoms with Crippen molar-refractivity contribution in [3.05, 3.63) is 18.0 Å². The van der Waals surface area contributed by atoms with Crippen molar-refractivity contribution in [2.75, 3.05) is 13.2 Å². The Morgan fingerprint density at radius 2 is 2.22 bits per heavy atom. The molecule has 1 N–H and O–H groups in total. The summed E-state index contributed by atoms with van der Waals surface area (Å²) >= 11 is 0. The van der Waals surface area contributed by atoms with Gasteiger partial charge in [0.1, 0.15) is 6.61 Å². The second-order valence-electron chi connectivity index (χ2n) is 3.98. The standard InChI is InChI=1S/C11H17F3N2O2/c1-2-10(17)9-6-15-16(7-9)4-3-5-18-8-11(12,13)14/h6-7,10,17H,2-5,8H2,1H3. The van der Waals surface area contributed by atoms with Crippen LogP contribution in [0.25, 0.3) is 0 Å². The van der Waals surface area contributed by atoms with Gasteiger partial charge in [-0.05, 0) is 12.8 Å². The Morgan fingerprint density at radius 1 is 1.50 bits per heavy atom. The molecule has 18 heavy (non-hydrogen) atoms. The molecule has 0 aliphatic carbocycles. The summed E-state index contributed by atoms with van der Waals surface area (Å²) in [6.45, 7) is 1.14. The van der Waals surface area contributed by atoms with E-state index in [9.17, 15) is 18.3 Å². The highest BCUT2D eigenvalue weighted by molar-refractivity contribution is 5.07. The van der Waals surface area contributed by atoms with Gasteiger partial charge in [-0.15, -0.1) is 0 Å². The molecule has 0 spiro atoms. The molecule has 0 aliphatic rings. The average Bonchev–Trinajstić information content (AvgIpc) is 2.75. The molecule has 1 aromatic heterocycles. The maximum absolute atomic E-state index is 11.8. The van der Waals surface area contributed by atoms with Crippen LogP contribution >= 0.6 is 0 Å². The molecule has 1 heterocycles. The highest BCUT2D eigenvalue weighted by atomic mass is 19.4. The van der Waals surface area contributed by atoms with Crippen molar-refractivity contribution < 1.29 is 23.0 Å². The number of halogens is 3. The van der Waals surface area contributed by atoms with Crippen molar-refractivity contribution in [1.82, 2.24) is 9.78 Å². The summed E-state index contributed by atoms with van der Waals surface area (Å²) in [5.74, 6) is 0. The predicted octanol–water partition coefficient (Wildman–Crippen LogP) is 2.30. The number of hydrogen-bond acceptors (Lipinski definition) is 3. The Bertz CT molecular complexity index is 352.